The van der Waals surface area contributed by atoms with Crippen molar-refractivity contribution in [1.29, 1.82) is 0 Å². The van der Waals surface area contributed by atoms with Crippen LogP contribution in [0.15, 0.2) is 11.6 Å². The number of hydrogen-bond acceptors (Lipinski definition) is 8. The molecule has 14 atom stereocenters. The molecular weight excluding hydrogens is 592 g/mol. The fraction of sp³-hybridized carbons (Fsp3) is 0.889. The highest BCUT2D eigenvalue weighted by atomic mass is 16.7. The third kappa shape index (κ3) is 4.42. The standard InChI is InChI=1S/C36H56O10/c1-31(2)14-16-36(30(43)44)17-15-34(6)18(22(36)27(31)40)8-9-20-33(5)12-11-21(32(3,4)19(33)10-13-35(20,34)7)45-29-25(39)23(37)24(38)26(46-29)28(41)42/h8,19-27,29,37-40H,9-17H2,1-7H3,(H,41,42)(H,43,44). The Morgan fingerprint density at radius 2 is 1.46 bits per heavy atom. The molecule has 6 rings (SSSR count). The Kier molecular flexibility index (Phi) is 7.99. The van der Waals surface area contributed by atoms with Gasteiger partial charge in [0.25, 0.3) is 0 Å². The number of fused-ring (bicyclic) bond motifs is 7. The topological polar surface area (TPSA) is 174 Å². The Hall–Kier alpha value is -1.56. The van der Waals surface area contributed by atoms with Crippen LogP contribution in [-0.2, 0) is 19.1 Å². The van der Waals surface area contributed by atoms with E-state index in [0.29, 0.717) is 31.6 Å². The van der Waals surface area contributed by atoms with Crippen LogP contribution in [-0.4, -0.2) is 85.5 Å². The van der Waals surface area contributed by atoms with Gasteiger partial charge in [-0.15, -0.1) is 0 Å². The monoisotopic (exact) mass is 648 g/mol. The number of ether oxygens (including phenoxy) is 2. The first-order valence-electron chi connectivity index (χ1n) is 17.4. The van der Waals surface area contributed by atoms with Crippen molar-refractivity contribution in [2.75, 3.05) is 0 Å². The number of aliphatic carboxylic acids is 2. The van der Waals surface area contributed by atoms with Crippen LogP contribution in [0.5, 0.6) is 0 Å². The summed E-state index contributed by atoms with van der Waals surface area (Å²) in [5, 5.41) is 63.2. The Morgan fingerprint density at radius 1 is 0.804 bits per heavy atom. The minimum Gasteiger partial charge on any atom is -0.481 e. The molecule has 0 aromatic heterocycles. The zero-order chi connectivity index (χ0) is 34.0. The first-order chi connectivity index (χ1) is 21.2. The van der Waals surface area contributed by atoms with E-state index in [1.54, 1.807) is 0 Å². The number of aliphatic hydroxyl groups is 4. The van der Waals surface area contributed by atoms with E-state index in [9.17, 15) is 40.2 Å². The SMILES string of the molecule is CC1(C)CCC2(C(=O)O)CCC3(C)C(=CCC4C5(C)CCC(OC6OC(C(=O)O)C(O)C(O)C6O)C(C)(C)C5CCC43C)C2C1O. The van der Waals surface area contributed by atoms with E-state index in [1.165, 1.54) is 0 Å². The third-order valence-electron chi connectivity index (χ3n) is 15.3. The first kappa shape index (κ1) is 34.3. The summed E-state index contributed by atoms with van der Waals surface area (Å²) in [6.45, 7) is 15.6. The zero-order valence-electron chi connectivity index (χ0n) is 28.5. The van der Waals surface area contributed by atoms with E-state index in [0.717, 1.165) is 37.7 Å². The lowest BCUT2D eigenvalue weighted by Crippen LogP contribution is -2.67. The molecule has 6 aliphatic rings. The zero-order valence-corrected chi connectivity index (χ0v) is 28.5. The van der Waals surface area contributed by atoms with Gasteiger partial charge < -0.3 is 40.1 Å². The van der Waals surface area contributed by atoms with Crippen LogP contribution in [0.4, 0.5) is 0 Å². The number of aliphatic hydroxyl groups excluding tert-OH is 4. The molecule has 0 radical (unpaired) electrons. The van der Waals surface area contributed by atoms with Crippen LogP contribution in [0, 0.1) is 50.2 Å². The van der Waals surface area contributed by atoms with E-state index in [1.807, 2.05) is 0 Å². The summed E-state index contributed by atoms with van der Waals surface area (Å²) in [6, 6.07) is 0. The first-order valence-corrected chi connectivity index (χ1v) is 17.4. The molecule has 0 spiro atoms. The molecule has 260 valence electrons. The molecule has 4 saturated carbocycles. The van der Waals surface area contributed by atoms with Crippen molar-refractivity contribution in [2.24, 2.45) is 50.2 Å². The molecule has 6 N–H and O–H groups in total. The maximum Gasteiger partial charge on any atom is 0.335 e. The van der Waals surface area contributed by atoms with E-state index in [4.69, 9.17) is 9.47 Å². The van der Waals surface area contributed by atoms with Crippen molar-refractivity contribution in [3.63, 3.8) is 0 Å². The van der Waals surface area contributed by atoms with E-state index in [-0.39, 0.29) is 39.1 Å². The summed E-state index contributed by atoms with van der Waals surface area (Å²) in [7, 11) is 0. The second-order valence-corrected chi connectivity index (χ2v) is 17.9. The summed E-state index contributed by atoms with van der Waals surface area (Å²) < 4.78 is 11.9. The Balaban J connectivity index is 1.31. The van der Waals surface area contributed by atoms with Crippen molar-refractivity contribution in [3.05, 3.63) is 11.6 Å². The lowest BCUT2D eigenvalue weighted by atomic mass is 9.33. The predicted molar refractivity (Wildman–Crippen MR) is 167 cm³/mol. The van der Waals surface area contributed by atoms with E-state index in [2.05, 4.69) is 54.5 Å². The van der Waals surface area contributed by atoms with Crippen LogP contribution in [0.25, 0.3) is 0 Å². The number of allylic oxidation sites excluding steroid dienone is 1. The largest absolute Gasteiger partial charge is 0.481 e. The summed E-state index contributed by atoms with van der Waals surface area (Å²) in [6.07, 6.45) is -0.0921. The maximum absolute atomic E-state index is 13.0. The molecule has 14 unspecified atom stereocenters. The normalized spacial score (nSPS) is 52.6. The fourth-order valence-electron chi connectivity index (χ4n) is 12.2. The molecule has 5 fully saturated rings. The summed E-state index contributed by atoms with van der Waals surface area (Å²) in [5.41, 5.74) is -0.930. The van der Waals surface area contributed by atoms with Gasteiger partial charge in [-0.3, -0.25) is 4.79 Å². The Labute approximate surface area is 272 Å². The number of carboxylic acids is 2. The molecule has 1 saturated heterocycles. The number of carbonyl (C=O) groups is 2. The van der Waals surface area contributed by atoms with Gasteiger partial charge in [-0.2, -0.15) is 0 Å². The molecule has 46 heavy (non-hydrogen) atoms. The molecular formula is C36H56O10. The van der Waals surface area contributed by atoms with Crippen LogP contribution in [0.2, 0.25) is 0 Å². The van der Waals surface area contributed by atoms with Crippen LogP contribution >= 0.6 is 0 Å². The van der Waals surface area contributed by atoms with Crippen molar-refractivity contribution >= 4 is 11.9 Å². The lowest BCUT2D eigenvalue weighted by Gasteiger charge is -2.71. The van der Waals surface area contributed by atoms with Gasteiger partial charge in [0.15, 0.2) is 12.4 Å². The van der Waals surface area contributed by atoms with Gasteiger partial charge in [0, 0.05) is 5.92 Å². The highest BCUT2D eigenvalue weighted by molar-refractivity contribution is 5.77. The van der Waals surface area contributed by atoms with Gasteiger partial charge in [-0.25, -0.2) is 4.79 Å². The molecule has 0 aromatic carbocycles. The second-order valence-electron chi connectivity index (χ2n) is 17.9. The second kappa shape index (κ2) is 10.7. The summed E-state index contributed by atoms with van der Waals surface area (Å²) >= 11 is 0. The molecule has 1 heterocycles. The minimum absolute atomic E-state index is 0.0709. The van der Waals surface area contributed by atoms with E-state index >= 15 is 0 Å². The lowest BCUT2D eigenvalue weighted by molar-refractivity contribution is -0.324. The van der Waals surface area contributed by atoms with Gasteiger partial charge in [-0.05, 0) is 96.7 Å². The molecule has 10 heteroatoms. The van der Waals surface area contributed by atoms with Crippen molar-refractivity contribution in [2.45, 2.75) is 149 Å². The van der Waals surface area contributed by atoms with Gasteiger partial charge in [0.1, 0.15) is 18.3 Å². The van der Waals surface area contributed by atoms with Gasteiger partial charge in [0.05, 0.1) is 17.6 Å². The molecule has 1 aliphatic heterocycles. The van der Waals surface area contributed by atoms with Crippen LogP contribution in [0.3, 0.4) is 0 Å². The minimum atomic E-state index is -1.77. The predicted octanol–water partition coefficient (Wildman–Crippen LogP) is 4.12. The fourth-order valence-corrected chi connectivity index (χ4v) is 12.2. The molecule has 0 aromatic rings. The third-order valence-corrected chi connectivity index (χ3v) is 15.3. The number of hydrogen-bond donors (Lipinski definition) is 6. The molecule has 10 nitrogen and oxygen atoms in total. The average molecular weight is 649 g/mol. The average Bonchev–Trinajstić information content (AvgIpc) is 2.96. The highest BCUT2D eigenvalue weighted by Gasteiger charge is 2.71. The quantitative estimate of drug-likeness (QED) is 0.192. The summed E-state index contributed by atoms with van der Waals surface area (Å²) in [5.74, 6) is -2.05. The summed E-state index contributed by atoms with van der Waals surface area (Å²) in [4.78, 5) is 24.7. The van der Waals surface area contributed by atoms with Crippen molar-refractivity contribution in [1.82, 2.24) is 0 Å². The Bertz CT molecular complexity index is 1290. The van der Waals surface area contributed by atoms with E-state index < -0.39 is 60.1 Å². The van der Waals surface area contributed by atoms with Crippen LogP contribution < -0.4 is 0 Å². The van der Waals surface area contributed by atoms with Crippen molar-refractivity contribution < 1.29 is 49.7 Å². The van der Waals surface area contributed by atoms with Gasteiger partial charge in [-0.1, -0.05) is 60.1 Å². The highest BCUT2D eigenvalue weighted by Crippen LogP contribution is 2.76. The molecule has 5 aliphatic carbocycles. The Morgan fingerprint density at radius 3 is 2.09 bits per heavy atom. The maximum atomic E-state index is 13.0. The number of rotatable bonds is 4. The van der Waals surface area contributed by atoms with Gasteiger partial charge >= 0.3 is 11.9 Å². The van der Waals surface area contributed by atoms with Crippen LogP contribution in [0.1, 0.15) is 106 Å². The molecule has 0 bridgehead atoms. The van der Waals surface area contributed by atoms with Gasteiger partial charge in [0.2, 0.25) is 0 Å². The molecule has 0 amide bonds. The van der Waals surface area contributed by atoms with Crippen molar-refractivity contribution in [3.8, 4) is 0 Å². The number of carboxylic acid groups (broad SMARTS) is 2. The smallest absolute Gasteiger partial charge is 0.335 e.